The Kier molecular flexibility index (Phi) is 6.84. The number of nitrogens with zero attached hydrogens (tertiary/aromatic N) is 1. The predicted octanol–water partition coefficient (Wildman–Crippen LogP) is 4.37. The van der Waals surface area contributed by atoms with Crippen LogP contribution in [0.1, 0.15) is 23.9 Å². The molecule has 0 radical (unpaired) electrons. The summed E-state index contributed by atoms with van der Waals surface area (Å²) >= 11 is 1.61. The largest absolute Gasteiger partial charge is 0.493 e. The first-order valence-corrected chi connectivity index (χ1v) is 10.1. The summed E-state index contributed by atoms with van der Waals surface area (Å²) < 4.78 is 16.8. The second-order valence-electron chi connectivity index (χ2n) is 6.26. The van der Waals surface area contributed by atoms with Gasteiger partial charge in [0.1, 0.15) is 11.5 Å². The van der Waals surface area contributed by atoms with Crippen molar-refractivity contribution in [1.29, 1.82) is 0 Å². The summed E-state index contributed by atoms with van der Waals surface area (Å²) in [6.07, 6.45) is 0.143. The van der Waals surface area contributed by atoms with Crippen molar-refractivity contribution in [2.24, 2.45) is 0 Å². The average molecular weight is 401 g/mol. The molecule has 0 amide bonds. The average Bonchev–Trinajstić information content (AvgIpc) is 3.33. The van der Waals surface area contributed by atoms with Crippen molar-refractivity contribution in [2.45, 2.75) is 32.8 Å². The molecule has 3 rings (SSSR count). The molecule has 0 saturated carbocycles. The van der Waals surface area contributed by atoms with Gasteiger partial charge in [-0.05, 0) is 43.0 Å². The monoisotopic (exact) mass is 401 g/mol. The van der Waals surface area contributed by atoms with Gasteiger partial charge in [0.25, 0.3) is 0 Å². The number of thiophene rings is 1. The maximum absolute atomic E-state index is 11.2. The van der Waals surface area contributed by atoms with Crippen LogP contribution in [0.3, 0.4) is 0 Å². The highest BCUT2D eigenvalue weighted by molar-refractivity contribution is 7.08. The number of oxazole rings is 1. The molecular formula is C21H23NO5S. The molecule has 1 N–H and O–H groups in total. The molecule has 148 valence electrons. The molecule has 3 aromatic rings. The maximum atomic E-state index is 11.2. The van der Waals surface area contributed by atoms with Crippen LogP contribution in [0.25, 0.3) is 11.5 Å². The van der Waals surface area contributed by atoms with Gasteiger partial charge in [0.15, 0.2) is 6.10 Å². The van der Waals surface area contributed by atoms with Gasteiger partial charge in [-0.1, -0.05) is 12.1 Å². The van der Waals surface area contributed by atoms with Crippen molar-refractivity contribution in [2.75, 3.05) is 13.2 Å². The molecule has 0 fully saturated rings. The SMILES string of the molecule is CCO[C@H](Cc1ccc(OCCc2nc(-c3ccsc3)oc2C)cc1)C(=O)O. The lowest BCUT2D eigenvalue weighted by atomic mass is 10.1. The number of hydrogen-bond donors (Lipinski definition) is 1. The van der Waals surface area contributed by atoms with E-state index in [0.29, 0.717) is 31.9 Å². The summed E-state index contributed by atoms with van der Waals surface area (Å²) in [4.78, 5) is 15.7. The van der Waals surface area contributed by atoms with Crippen LogP contribution in [0.15, 0.2) is 45.5 Å². The zero-order valence-corrected chi connectivity index (χ0v) is 16.7. The van der Waals surface area contributed by atoms with E-state index in [1.807, 2.05) is 48.0 Å². The molecule has 7 heteroatoms. The lowest BCUT2D eigenvalue weighted by Gasteiger charge is -2.12. The van der Waals surface area contributed by atoms with Gasteiger partial charge < -0.3 is 19.0 Å². The van der Waals surface area contributed by atoms with Crippen LogP contribution in [-0.2, 0) is 22.4 Å². The number of benzene rings is 1. The van der Waals surface area contributed by atoms with Crippen LogP contribution in [0, 0.1) is 6.92 Å². The van der Waals surface area contributed by atoms with Crippen LogP contribution in [0.4, 0.5) is 0 Å². The Morgan fingerprint density at radius 2 is 2.07 bits per heavy atom. The summed E-state index contributed by atoms with van der Waals surface area (Å²) in [5, 5.41) is 13.2. The van der Waals surface area contributed by atoms with Gasteiger partial charge in [0, 0.05) is 30.4 Å². The second-order valence-corrected chi connectivity index (χ2v) is 7.04. The van der Waals surface area contributed by atoms with Crippen LogP contribution in [0.2, 0.25) is 0 Å². The topological polar surface area (TPSA) is 81.8 Å². The molecule has 0 saturated heterocycles. The van der Waals surface area contributed by atoms with Gasteiger partial charge in [-0.2, -0.15) is 11.3 Å². The second kappa shape index (κ2) is 9.52. The molecule has 1 atom stereocenters. The van der Waals surface area contributed by atoms with Gasteiger partial charge >= 0.3 is 5.97 Å². The number of aromatic nitrogens is 1. The highest BCUT2D eigenvalue weighted by atomic mass is 32.1. The Morgan fingerprint density at radius 3 is 2.71 bits per heavy atom. The first kappa shape index (κ1) is 20.1. The van der Waals surface area contributed by atoms with Crippen LogP contribution >= 0.6 is 11.3 Å². The molecule has 6 nitrogen and oxygen atoms in total. The van der Waals surface area contributed by atoms with E-state index in [2.05, 4.69) is 4.98 Å². The van der Waals surface area contributed by atoms with Crippen molar-refractivity contribution in [3.8, 4) is 17.2 Å². The highest BCUT2D eigenvalue weighted by Gasteiger charge is 2.18. The normalized spacial score (nSPS) is 12.1. The Morgan fingerprint density at radius 1 is 1.29 bits per heavy atom. The van der Waals surface area contributed by atoms with E-state index in [0.717, 1.165) is 28.3 Å². The molecule has 0 aliphatic carbocycles. The van der Waals surface area contributed by atoms with Gasteiger partial charge in [-0.25, -0.2) is 9.78 Å². The van der Waals surface area contributed by atoms with E-state index in [1.165, 1.54) is 0 Å². The Balaban J connectivity index is 1.52. The molecule has 0 aliphatic rings. The Labute approximate surface area is 167 Å². The summed E-state index contributed by atoms with van der Waals surface area (Å²) in [5.41, 5.74) is 2.77. The summed E-state index contributed by atoms with van der Waals surface area (Å²) in [5.74, 6) is 1.22. The van der Waals surface area contributed by atoms with Crippen LogP contribution in [-0.4, -0.2) is 35.4 Å². The van der Waals surface area contributed by atoms with Gasteiger partial charge in [-0.15, -0.1) is 0 Å². The van der Waals surface area contributed by atoms with E-state index in [1.54, 1.807) is 18.3 Å². The third-order valence-corrected chi connectivity index (χ3v) is 4.94. The molecule has 0 spiro atoms. The first-order chi connectivity index (χ1) is 13.6. The van der Waals surface area contributed by atoms with Crippen molar-refractivity contribution in [3.63, 3.8) is 0 Å². The molecule has 0 unspecified atom stereocenters. The number of ether oxygens (including phenoxy) is 2. The lowest BCUT2D eigenvalue weighted by molar-refractivity contribution is -0.149. The van der Waals surface area contributed by atoms with Crippen molar-refractivity contribution >= 4 is 17.3 Å². The first-order valence-electron chi connectivity index (χ1n) is 9.11. The number of hydrogen-bond acceptors (Lipinski definition) is 6. The van der Waals surface area contributed by atoms with Crippen LogP contribution in [0.5, 0.6) is 5.75 Å². The minimum absolute atomic E-state index is 0.326. The molecule has 2 aromatic heterocycles. The van der Waals surface area contributed by atoms with Gasteiger partial charge in [0.2, 0.25) is 5.89 Å². The van der Waals surface area contributed by atoms with Gasteiger partial charge in [0.05, 0.1) is 12.3 Å². The maximum Gasteiger partial charge on any atom is 0.333 e. The van der Waals surface area contributed by atoms with Crippen molar-refractivity contribution in [1.82, 2.24) is 4.98 Å². The minimum atomic E-state index is -0.952. The predicted molar refractivity (Wildman–Crippen MR) is 107 cm³/mol. The Hall–Kier alpha value is -2.64. The third-order valence-electron chi connectivity index (χ3n) is 4.26. The molecule has 1 aromatic carbocycles. The molecule has 0 bridgehead atoms. The van der Waals surface area contributed by atoms with Crippen molar-refractivity contribution in [3.05, 3.63) is 58.1 Å². The standard InChI is InChI=1S/C21H23NO5S/c1-3-25-19(21(23)24)12-15-4-6-17(7-5-15)26-10-8-18-14(2)27-20(22-18)16-9-11-28-13-16/h4-7,9,11,13,19H,3,8,10,12H2,1-2H3,(H,23,24)/t19-/m1/s1. The number of aryl methyl sites for hydroxylation is 1. The van der Waals surface area contributed by atoms with Gasteiger partial charge in [-0.3, -0.25) is 0 Å². The smallest absolute Gasteiger partial charge is 0.333 e. The molecular weight excluding hydrogens is 378 g/mol. The molecule has 2 heterocycles. The summed E-state index contributed by atoms with van der Waals surface area (Å²) in [6.45, 7) is 4.54. The van der Waals surface area contributed by atoms with Crippen molar-refractivity contribution < 1.29 is 23.8 Å². The number of rotatable bonds is 10. The fourth-order valence-electron chi connectivity index (χ4n) is 2.79. The van der Waals surface area contributed by atoms with E-state index in [9.17, 15) is 4.79 Å². The number of carboxylic acid groups (broad SMARTS) is 1. The van der Waals surface area contributed by atoms with E-state index >= 15 is 0 Å². The fraction of sp³-hybridized carbons (Fsp3) is 0.333. The third kappa shape index (κ3) is 5.21. The molecule has 28 heavy (non-hydrogen) atoms. The summed E-state index contributed by atoms with van der Waals surface area (Å²) in [7, 11) is 0. The highest BCUT2D eigenvalue weighted by Crippen LogP contribution is 2.24. The Bertz CT molecular complexity index is 886. The molecule has 0 aliphatic heterocycles. The lowest BCUT2D eigenvalue weighted by Crippen LogP contribution is -2.26. The zero-order valence-electron chi connectivity index (χ0n) is 15.9. The zero-order chi connectivity index (χ0) is 19.9. The fourth-order valence-corrected chi connectivity index (χ4v) is 3.42. The summed E-state index contributed by atoms with van der Waals surface area (Å²) in [6, 6.07) is 9.39. The number of aliphatic carboxylic acids is 1. The quantitative estimate of drug-likeness (QED) is 0.543. The van der Waals surface area contributed by atoms with E-state index in [4.69, 9.17) is 19.0 Å². The van der Waals surface area contributed by atoms with E-state index in [-0.39, 0.29) is 0 Å². The number of carbonyl (C=O) groups is 1. The van der Waals surface area contributed by atoms with E-state index < -0.39 is 12.1 Å². The number of carboxylic acids is 1. The minimum Gasteiger partial charge on any atom is -0.493 e. The van der Waals surface area contributed by atoms with Crippen LogP contribution < -0.4 is 4.74 Å².